The first-order chi connectivity index (χ1) is 9.47. The lowest BCUT2D eigenvalue weighted by Gasteiger charge is -2.09. The maximum absolute atomic E-state index is 12.1. The van der Waals surface area contributed by atoms with E-state index in [1.165, 1.54) is 12.3 Å². The standard InChI is InChI=1S/C14H11BrN2O3/c1-8-4-9(7-16-6-8)13(18)17-12-5-10(15)2-3-11(12)14(19)20/h2-7H,1H3,(H,17,18)(H,19,20). The number of amides is 1. The molecule has 102 valence electrons. The molecule has 2 N–H and O–H groups in total. The molecular formula is C14H11BrN2O3. The maximum Gasteiger partial charge on any atom is 0.337 e. The van der Waals surface area contributed by atoms with E-state index in [0.717, 1.165) is 5.56 Å². The number of halogens is 1. The molecule has 1 aromatic heterocycles. The monoisotopic (exact) mass is 334 g/mol. The van der Waals surface area contributed by atoms with E-state index in [9.17, 15) is 9.59 Å². The van der Waals surface area contributed by atoms with Crippen LogP contribution in [0.4, 0.5) is 5.69 Å². The number of aromatic nitrogens is 1. The number of carboxylic acids is 1. The highest BCUT2D eigenvalue weighted by Gasteiger charge is 2.14. The first kappa shape index (κ1) is 14.2. The molecule has 0 saturated heterocycles. The molecule has 0 aliphatic heterocycles. The van der Waals surface area contributed by atoms with Crippen molar-refractivity contribution in [2.24, 2.45) is 0 Å². The highest BCUT2D eigenvalue weighted by atomic mass is 79.9. The van der Waals surface area contributed by atoms with E-state index in [1.807, 2.05) is 6.92 Å². The van der Waals surface area contributed by atoms with Crippen LogP contribution in [0, 0.1) is 6.92 Å². The van der Waals surface area contributed by atoms with Gasteiger partial charge in [0.15, 0.2) is 0 Å². The molecule has 0 radical (unpaired) electrons. The molecule has 0 unspecified atom stereocenters. The molecule has 1 heterocycles. The van der Waals surface area contributed by atoms with Crippen LogP contribution in [-0.4, -0.2) is 22.0 Å². The van der Waals surface area contributed by atoms with Crippen molar-refractivity contribution in [2.75, 3.05) is 5.32 Å². The summed E-state index contributed by atoms with van der Waals surface area (Å²) < 4.78 is 0.681. The van der Waals surface area contributed by atoms with Gasteiger partial charge in [0.2, 0.25) is 0 Å². The van der Waals surface area contributed by atoms with E-state index < -0.39 is 11.9 Å². The second kappa shape index (κ2) is 5.83. The number of rotatable bonds is 3. The van der Waals surface area contributed by atoms with Gasteiger partial charge in [-0.2, -0.15) is 0 Å². The normalized spacial score (nSPS) is 10.1. The van der Waals surface area contributed by atoms with Gasteiger partial charge >= 0.3 is 5.97 Å². The fraction of sp³-hybridized carbons (Fsp3) is 0.0714. The molecule has 2 rings (SSSR count). The predicted molar refractivity (Wildman–Crippen MR) is 78.0 cm³/mol. The van der Waals surface area contributed by atoms with Crippen molar-refractivity contribution in [1.29, 1.82) is 0 Å². The Balaban J connectivity index is 2.32. The molecule has 5 nitrogen and oxygen atoms in total. The number of carbonyl (C=O) groups is 2. The third kappa shape index (κ3) is 3.21. The molecule has 2 aromatic rings. The quantitative estimate of drug-likeness (QED) is 0.903. The molecule has 0 fully saturated rings. The number of aromatic carboxylic acids is 1. The van der Waals surface area contributed by atoms with E-state index in [2.05, 4.69) is 26.2 Å². The lowest BCUT2D eigenvalue weighted by molar-refractivity contribution is 0.0698. The molecule has 6 heteroatoms. The summed E-state index contributed by atoms with van der Waals surface area (Å²) in [5, 5.41) is 11.7. The van der Waals surface area contributed by atoms with Gasteiger partial charge in [0.1, 0.15) is 0 Å². The summed E-state index contributed by atoms with van der Waals surface area (Å²) in [7, 11) is 0. The Morgan fingerprint density at radius 2 is 2.00 bits per heavy atom. The Labute approximate surface area is 123 Å². The summed E-state index contributed by atoms with van der Waals surface area (Å²) in [6.45, 7) is 1.82. The van der Waals surface area contributed by atoms with E-state index in [-0.39, 0.29) is 11.3 Å². The Morgan fingerprint density at radius 1 is 1.25 bits per heavy atom. The second-order valence-electron chi connectivity index (χ2n) is 4.20. The predicted octanol–water partition coefficient (Wildman–Crippen LogP) is 3.10. The van der Waals surface area contributed by atoms with Gasteiger partial charge in [-0.05, 0) is 36.8 Å². The molecule has 0 aliphatic carbocycles. The molecule has 0 saturated carbocycles. The van der Waals surface area contributed by atoms with Crippen molar-refractivity contribution < 1.29 is 14.7 Å². The van der Waals surface area contributed by atoms with Crippen LogP contribution < -0.4 is 5.32 Å². The van der Waals surface area contributed by atoms with Gasteiger partial charge in [0.25, 0.3) is 5.91 Å². The van der Waals surface area contributed by atoms with Crippen LogP contribution in [0.3, 0.4) is 0 Å². The highest BCUT2D eigenvalue weighted by Crippen LogP contribution is 2.22. The molecule has 0 spiro atoms. The Bertz CT molecular complexity index is 686. The minimum absolute atomic E-state index is 0.0298. The summed E-state index contributed by atoms with van der Waals surface area (Å²) in [6.07, 6.45) is 3.07. The Hall–Kier alpha value is -2.21. The number of hydrogen-bond donors (Lipinski definition) is 2. The summed E-state index contributed by atoms with van der Waals surface area (Å²) in [6, 6.07) is 6.26. The van der Waals surface area contributed by atoms with Crippen LogP contribution >= 0.6 is 15.9 Å². The van der Waals surface area contributed by atoms with Gasteiger partial charge in [-0.25, -0.2) is 4.79 Å². The largest absolute Gasteiger partial charge is 0.478 e. The van der Waals surface area contributed by atoms with Crippen LogP contribution in [0.2, 0.25) is 0 Å². The zero-order valence-electron chi connectivity index (χ0n) is 10.6. The fourth-order valence-electron chi connectivity index (χ4n) is 1.68. The van der Waals surface area contributed by atoms with Gasteiger partial charge < -0.3 is 10.4 Å². The number of nitrogens with one attached hydrogen (secondary N) is 1. The average Bonchev–Trinajstić information content (AvgIpc) is 2.38. The van der Waals surface area contributed by atoms with Crippen LogP contribution in [0.25, 0.3) is 0 Å². The van der Waals surface area contributed by atoms with Gasteiger partial charge in [-0.15, -0.1) is 0 Å². The highest BCUT2D eigenvalue weighted by molar-refractivity contribution is 9.10. The number of hydrogen-bond acceptors (Lipinski definition) is 3. The van der Waals surface area contributed by atoms with Crippen LogP contribution in [0.15, 0.2) is 41.1 Å². The van der Waals surface area contributed by atoms with Crippen LogP contribution in [-0.2, 0) is 0 Å². The molecule has 1 aromatic carbocycles. The van der Waals surface area contributed by atoms with Crippen molar-refractivity contribution in [3.63, 3.8) is 0 Å². The first-order valence-corrected chi connectivity index (χ1v) is 6.52. The average molecular weight is 335 g/mol. The number of aryl methyl sites for hydroxylation is 1. The maximum atomic E-state index is 12.1. The molecule has 0 atom stereocenters. The second-order valence-corrected chi connectivity index (χ2v) is 5.12. The van der Waals surface area contributed by atoms with E-state index in [4.69, 9.17) is 5.11 Å². The lowest BCUT2D eigenvalue weighted by Crippen LogP contribution is -2.15. The first-order valence-electron chi connectivity index (χ1n) is 5.73. The number of anilines is 1. The number of carbonyl (C=O) groups excluding carboxylic acids is 1. The van der Waals surface area contributed by atoms with Gasteiger partial charge in [0, 0.05) is 16.9 Å². The molecule has 1 amide bonds. The smallest absolute Gasteiger partial charge is 0.337 e. The van der Waals surface area contributed by atoms with Crippen molar-refractivity contribution in [2.45, 2.75) is 6.92 Å². The van der Waals surface area contributed by atoms with Crippen molar-refractivity contribution >= 4 is 33.5 Å². The van der Waals surface area contributed by atoms with Crippen LogP contribution in [0.1, 0.15) is 26.3 Å². The van der Waals surface area contributed by atoms with Gasteiger partial charge in [-0.1, -0.05) is 15.9 Å². The minimum Gasteiger partial charge on any atom is -0.478 e. The third-order valence-electron chi connectivity index (χ3n) is 2.60. The summed E-state index contributed by atoms with van der Waals surface area (Å²) >= 11 is 3.25. The number of nitrogens with zero attached hydrogens (tertiary/aromatic N) is 1. The number of benzene rings is 1. The van der Waals surface area contributed by atoms with Crippen molar-refractivity contribution in [3.05, 3.63) is 57.8 Å². The SMILES string of the molecule is Cc1cncc(C(=O)Nc2cc(Br)ccc2C(=O)O)c1. The molecule has 0 bridgehead atoms. The fourth-order valence-corrected chi connectivity index (χ4v) is 2.04. The molecule has 0 aliphatic rings. The molecular weight excluding hydrogens is 324 g/mol. The van der Waals surface area contributed by atoms with Gasteiger partial charge in [-0.3, -0.25) is 9.78 Å². The van der Waals surface area contributed by atoms with E-state index >= 15 is 0 Å². The number of pyridine rings is 1. The van der Waals surface area contributed by atoms with E-state index in [0.29, 0.717) is 10.0 Å². The minimum atomic E-state index is -1.10. The zero-order chi connectivity index (χ0) is 14.7. The van der Waals surface area contributed by atoms with Crippen molar-refractivity contribution in [1.82, 2.24) is 4.98 Å². The van der Waals surface area contributed by atoms with Gasteiger partial charge in [0.05, 0.1) is 16.8 Å². The lowest BCUT2D eigenvalue weighted by atomic mass is 10.1. The molecule has 20 heavy (non-hydrogen) atoms. The summed E-state index contributed by atoms with van der Waals surface area (Å²) in [5.74, 6) is -1.50. The Kier molecular flexibility index (Phi) is 4.14. The van der Waals surface area contributed by atoms with E-state index in [1.54, 1.807) is 24.4 Å². The third-order valence-corrected chi connectivity index (χ3v) is 3.09. The van der Waals surface area contributed by atoms with Crippen molar-refractivity contribution in [3.8, 4) is 0 Å². The topological polar surface area (TPSA) is 79.3 Å². The summed E-state index contributed by atoms with van der Waals surface area (Å²) in [5.41, 5.74) is 1.49. The number of carboxylic acid groups (broad SMARTS) is 1. The van der Waals surface area contributed by atoms with Crippen LogP contribution in [0.5, 0.6) is 0 Å². The zero-order valence-corrected chi connectivity index (χ0v) is 12.1. The summed E-state index contributed by atoms with van der Waals surface area (Å²) in [4.78, 5) is 27.2. The Morgan fingerprint density at radius 3 is 2.65 bits per heavy atom.